The lowest BCUT2D eigenvalue weighted by molar-refractivity contribution is -0.00000607. The summed E-state index contributed by atoms with van der Waals surface area (Å²) in [6.07, 6.45) is 15.2. The molecule has 0 amide bonds. The maximum atomic E-state index is 3.52. The van der Waals surface area contributed by atoms with E-state index in [2.05, 4.69) is 119 Å². The molecule has 3 aromatic rings. The molecule has 3 heteroatoms. The van der Waals surface area contributed by atoms with Gasteiger partial charge in [0.15, 0.2) is 0 Å². The Balaban J connectivity index is 0.00000363. The Hall–Kier alpha value is -0.960. The first-order valence-corrected chi connectivity index (χ1v) is 14.7. The van der Waals surface area contributed by atoms with Gasteiger partial charge in [-0.15, -0.1) is 0 Å². The quantitative estimate of drug-likeness (QED) is 0.0857. The highest BCUT2D eigenvalue weighted by atomic mass is 127. The van der Waals surface area contributed by atoms with Gasteiger partial charge in [-0.05, 0) is 55.7 Å². The second-order valence-corrected chi connectivity index (χ2v) is 12.4. The highest BCUT2D eigenvalue weighted by Crippen LogP contribution is 2.55. The number of alkyl halides is 1. The van der Waals surface area contributed by atoms with E-state index in [9.17, 15) is 0 Å². The van der Waals surface area contributed by atoms with E-state index >= 15 is 0 Å². The molecular weight excluding hydrogens is 586 g/mol. The summed E-state index contributed by atoms with van der Waals surface area (Å²) in [7, 11) is -1.72. The number of halogens is 2. The van der Waals surface area contributed by atoms with E-state index in [1.165, 1.54) is 60.9 Å². The molecular formula is C29H35BrIP. The van der Waals surface area contributed by atoms with Crippen LogP contribution in [0.25, 0.3) is 0 Å². The van der Waals surface area contributed by atoms with Crippen molar-refractivity contribution in [2.45, 2.75) is 44.9 Å². The fraction of sp³-hybridized carbons (Fsp3) is 0.310. The number of allylic oxidation sites excluding steroid dienone is 2. The van der Waals surface area contributed by atoms with E-state index in [-0.39, 0.29) is 24.0 Å². The number of rotatable bonds is 13. The summed E-state index contributed by atoms with van der Waals surface area (Å²) in [5, 5.41) is 5.53. The molecule has 0 radical (unpaired) electrons. The van der Waals surface area contributed by atoms with Crippen LogP contribution in [0.1, 0.15) is 44.9 Å². The first-order chi connectivity index (χ1) is 15.4. The van der Waals surface area contributed by atoms with Crippen LogP contribution in [0.15, 0.2) is 103 Å². The summed E-state index contributed by atoms with van der Waals surface area (Å²) in [6, 6.07) is 33.5. The number of hydrogen-bond donors (Lipinski definition) is 0. The third kappa shape index (κ3) is 7.82. The maximum absolute atomic E-state index is 3.52. The smallest absolute Gasteiger partial charge is 0.115 e. The van der Waals surface area contributed by atoms with Gasteiger partial charge >= 0.3 is 0 Å². The van der Waals surface area contributed by atoms with Gasteiger partial charge in [0.1, 0.15) is 23.2 Å². The van der Waals surface area contributed by atoms with Crippen molar-refractivity contribution >= 4 is 39.1 Å². The SMILES string of the molecule is BrCCCCCCCCC=CC[P+](c1ccccc1)(c1ccccc1)c1ccccc1.[I-]. The Bertz CT molecular complexity index is 784. The van der Waals surface area contributed by atoms with Gasteiger partial charge in [0, 0.05) is 5.33 Å². The lowest BCUT2D eigenvalue weighted by Gasteiger charge is -2.26. The van der Waals surface area contributed by atoms with Gasteiger partial charge in [0.25, 0.3) is 0 Å². The summed E-state index contributed by atoms with van der Waals surface area (Å²) in [5.74, 6) is 0. The summed E-state index contributed by atoms with van der Waals surface area (Å²) in [6.45, 7) is 0. The summed E-state index contributed by atoms with van der Waals surface area (Å²) < 4.78 is 0. The van der Waals surface area contributed by atoms with Crippen molar-refractivity contribution in [3.63, 3.8) is 0 Å². The van der Waals surface area contributed by atoms with Gasteiger partial charge in [0.2, 0.25) is 0 Å². The molecule has 0 atom stereocenters. The van der Waals surface area contributed by atoms with E-state index in [1.807, 2.05) is 0 Å². The van der Waals surface area contributed by atoms with Crippen LogP contribution >= 0.6 is 23.2 Å². The van der Waals surface area contributed by atoms with Crippen LogP contribution in [0.4, 0.5) is 0 Å². The van der Waals surface area contributed by atoms with Crippen molar-refractivity contribution in [3.8, 4) is 0 Å². The fourth-order valence-electron chi connectivity index (χ4n) is 4.23. The molecule has 3 aromatic carbocycles. The molecule has 0 aliphatic heterocycles. The zero-order chi connectivity index (χ0) is 21.6. The van der Waals surface area contributed by atoms with Gasteiger partial charge < -0.3 is 24.0 Å². The molecule has 0 aliphatic rings. The monoisotopic (exact) mass is 620 g/mol. The minimum Gasteiger partial charge on any atom is -1.00 e. The molecule has 0 aliphatic carbocycles. The van der Waals surface area contributed by atoms with Crippen LogP contribution in [0, 0.1) is 0 Å². The van der Waals surface area contributed by atoms with Crippen LogP contribution < -0.4 is 39.9 Å². The molecule has 0 bridgehead atoms. The Labute approximate surface area is 221 Å². The standard InChI is InChI=1S/C29H35BrP.HI/c30-25-17-6-4-2-1-3-5-7-18-26-31(27-19-11-8-12-20-27,28-21-13-9-14-22-28)29-23-15-10-16-24-29;/h7-16,18-24H,1-6,17,25-26H2;1H/q+1;/p-1. The zero-order valence-electron chi connectivity index (χ0n) is 18.9. The number of benzene rings is 3. The molecule has 0 unspecified atom stereocenters. The lowest BCUT2D eigenvalue weighted by atomic mass is 10.1. The topological polar surface area (TPSA) is 0 Å². The Morgan fingerprint density at radius 2 is 0.938 bits per heavy atom. The minimum atomic E-state index is -1.72. The van der Waals surface area contributed by atoms with E-state index in [0.717, 1.165) is 11.5 Å². The fourth-order valence-corrected chi connectivity index (χ4v) is 8.66. The summed E-state index contributed by atoms with van der Waals surface area (Å²) in [5.41, 5.74) is 0. The molecule has 0 nitrogen and oxygen atoms in total. The normalized spacial score (nSPS) is 11.4. The highest BCUT2D eigenvalue weighted by molar-refractivity contribution is 9.09. The van der Waals surface area contributed by atoms with E-state index in [1.54, 1.807) is 0 Å². The van der Waals surface area contributed by atoms with Crippen LogP contribution in [0.5, 0.6) is 0 Å². The van der Waals surface area contributed by atoms with Crippen molar-refractivity contribution in [2.75, 3.05) is 11.5 Å². The Kier molecular flexibility index (Phi) is 13.5. The van der Waals surface area contributed by atoms with Crippen molar-refractivity contribution in [1.29, 1.82) is 0 Å². The number of unbranched alkanes of at least 4 members (excludes halogenated alkanes) is 6. The van der Waals surface area contributed by atoms with Crippen LogP contribution in [-0.4, -0.2) is 11.5 Å². The molecule has 170 valence electrons. The summed E-state index contributed by atoms with van der Waals surface area (Å²) >= 11 is 3.52. The van der Waals surface area contributed by atoms with Gasteiger partial charge in [-0.3, -0.25) is 0 Å². The molecule has 0 aromatic heterocycles. The van der Waals surface area contributed by atoms with Crippen molar-refractivity contribution in [1.82, 2.24) is 0 Å². The largest absolute Gasteiger partial charge is 1.00 e. The van der Waals surface area contributed by atoms with E-state index in [0.29, 0.717) is 0 Å². The summed E-state index contributed by atoms with van der Waals surface area (Å²) in [4.78, 5) is 0. The first-order valence-electron chi connectivity index (χ1n) is 11.6. The van der Waals surface area contributed by atoms with Crippen molar-refractivity contribution in [3.05, 3.63) is 103 Å². The minimum absolute atomic E-state index is 0. The third-order valence-electron chi connectivity index (χ3n) is 5.89. The van der Waals surface area contributed by atoms with Gasteiger partial charge in [-0.2, -0.15) is 0 Å². The third-order valence-corrected chi connectivity index (χ3v) is 10.7. The van der Waals surface area contributed by atoms with E-state index in [4.69, 9.17) is 0 Å². The molecule has 0 N–H and O–H groups in total. The molecule has 0 heterocycles. The second kappa shape index (κ2) is 15.8. The van der Waals surface area contributed by atoms with Crippen molar-refractivity contribution in [2.24, 2.45) is 0 Å². The highest BCUT2D eigenvalue weighted by Gasteiger charge is 2.43. The van der Waals surface area contributed by atoms with Gasteiger partial charge in [-0.25, -0.2) is 0 Å². The number of hydrogen-bond acceptors (Lipinski definition) is 0. The van der Waals surface area contributed by atoms with Crippen LogP contribution in [0.3, 0.4) is 0 Å². The van der Waals surface area contributed by atoms with Crippen LogP contribution in [-0.2, 0) is 0 Å². The predicted molar refractivity (Wildman–Crippen MR) is 145 cm³/mol. The van der Waals surface area contributed by atoms with E-state index < -0.39 is 7.26 Å². The van der Waals surface area contributed by atoms with Gasteiger partial charge in [0.05, 0.1) is 6.16 Å². The second-order valence-electron chi connectivity index (χ2n) is 8.07. The molecule has 32 heavy (non-hydrogen) atoms. The van der Waals surface area contributed by atoms with Gasteiger partial charge in [-0.1, -0.05) is 108 Å². The average Bonchev–Trinajstić information content (AvgIpc) is 2.84. The molecule has 0 saturated heterocycles. The molecule has 0 spiro atoms. The Morgan fingerprint density at radius 3 is 1.38 bits per heavy atom. The molecule has 3 rings (SSSR count). The van der Waals surface area contributed by atoms with Crippen molar-refractivity contribution < 1.29 is 24.0 Å². The zero-order valence-corrected chi connectivity index (χ0v) is 23.5. The maximum Gasteiger partial charge on any atom is 0.115 e. The molecule has 0 saturated carbocycles. The van der Waals surface area contributed by atoms with Crippen LogP contribution in [0.2, 0.25) is 0 Å². The average molecular weight is 621 g/mol. The predicted octanol–water partition coefficient (Wildman–Crippen LogP) is 4.67. The Morgan fingerprint density at radius 1 is 0.531 bits per heavy atom. The lowest BCUT2D eigenvalue weighted by Crippen LogP contribution is -3.00. The molecule has 0 fully saturated rings. The first kappa shape index (κ1) is 27.3.